The fraction of sp³-hybridized carbons (Fsp3) is 0.500. The summed E-state index contributed by atoms with van der Waals surface area (Å²) in [6.07, 6.45) is 4.81. The Kier molecular flexibility index (Phi) is 7.00. The largest absolute Gasteiger partial charge is 0.467 e. The van der Waals surface area contributed by atoms with Gasteiger partial charge in [-0.05, 0) is 48.3 Å². The highest BCUT2D eigenvalue weighted by molar-refractivity contribution is 7.99. The first-order chi connectivity index (χ1) is 16.9. The van der Waals surface area contributed by atoms with Crippen LogP contribution in [0.15, 0.2) is 52.2 Å². The zero-order valence-corrected chi connectivity index (χ0v) is 21.4. The van der Waals surface area contributed by atoms with Crippen molar-refractivity contribution in [3.8, 4) is 11.4 Å². The maximum Gasteiger partial charge on any atom is 0.230 e. The van der Waals surface area contributed by atoms with Crippen molar-refractivity contribution in [2.75, 3.05) is 12.3 Å². The van der Waals surface area contributed by atoms with Crippen LogP contribution in [0.1, 0.15) is 51.4 Å². The van der Waals surface area contributed by atoms with Gasteiger partial charge in [-0.3, -0.25) is 20.2 Å². The van der Waals surface area contributed by atoms with Crippen molar-refractivity contribution in [3.63, 3.8) is 0 Å². The zero-order valence-electron chi connectivity index (χ0n) is 20.6. The van der Waals surface area contributed by atoms with Crippen molar-refractivity contribution < 1.29 is 9.21 Å². The molecule has 1 aliphatic carbocycles. The van der Waals surface area contributed by atoms with Crippen LogP contribution in [0.3, 0.4) is 0 Å². The molecule has 3 heterocycles. The van der Waals surface area contributed by atoms with E-state index in [0.29, 0.717) is 29.4 Å². The molecule has 1 amide bonds. The van der Waals surface area contributed by atoms with Gasteiger partial charge in [0.2, 0.25) is 5.91 Å². The number of nitrogens with zero attached hydrogens (tertiary/aromatic N) is 3. The average molecular weight is 495 g/mol. The maximum atomic E-state index is 12.8. The van der Waals surface area contributed by atoms with E-state index >= 15 is 0 Å². The molecule has 1 aliphatic heterocycles. The molecule has 1 aromatic carbocycles. The monoisotopic (exact) mass is 494 g/mol. The number of hydrazine groups is 1. The molecule has 3 atom stereocenters. The standard InChI is InChI=1S/C26H34N6O2S/c1-26(2,3)19-9-6-17(7-10-19)24-30-31-25(32(24)15-21-5-4-12-34-21)35-16-23(33)28-20-11-8-18-14-27-29-22(18)13-20/h4-7,9-10,12,18,20,22,27,29H,8,11,13-16H2,1-3H3,(H,28,33). The van der Waals surface area contributed by atoms with E-state index < -0.39 is 0 Å². The van der Waals surface area contributed by atoms with E-state index in [1.165, 1.54) is 17.3 Å². The van der Waals surface area contributed by atoms with Gasteiger partial charge in [-0.2, -0.15) is 0 Å². The second kappa shape index (κ2) is 10.2. The molecule has 35 heavy (non-hydrogen) atoms. The summed E-state index contributed by atoms with van der Waals surface area (Å²) in [5, 5.41) is 12.9. The number of aromatic nitrogens is 3. The predicted molar refractivity (Wildman–Crippen MR) is 137 cm³/mol. The first kappa shape index (κ1) is 24.1. The molecule has 0 radical (unpaired) electrons. The van der Waals surface area contributed by atoms with Crippen LogP contribution < -0.4 is 16.2 Å². The van der Waals surface area contributed by atoms with E-state index in [0.717, 1.165) is 43.0 Å². The number of amides is 1. The molecule has 9 heteroatoms. The lowest BCUT2D eigenvalue weighted by Gasteiger charge is -2.31. The molecular weight excluding hydrogens is 460 g/mol. The van der Waals surface area contributed by atoms with Crippen molar-refractivity contribution in [1.29, 1.82) is 0 Å². The van der Waals surface area contributed by atoms with Gasteiger partial charge in [0.15, 0.2) is 11.0 Å². The van der Waals surface area contributed by atoms with Crippen LogP contribution in [0.5, 0.6) is 0 Å². The molecule has 0 bridgehead atoms. The van der Waals surface area contributed by atoms with Gasteiger partial charge in [0.25, 0.3) is 0 Å². The van der Waals surface area contributed by atoms with E-state index in [2.05, 4.69) is 71.4 Å². The van der Waals surface area contributed by atoms with Crippen LogP contribution in [-0.2, 0) is 16.8 Å². The molecular formula is C26H34N6O2S. The lowest BCUT2D eigenvalue weighted by molar-refractivity contribution is -0.119. The molecule has 8 nitrogen and oxygen atoms in total. The third-order valence-electron chi connectivity index (χ3n) is 6.96. The van der Waals surface area contributed by atoms with Gasteiger partial charge < -0.3 is 9.73 Å². The predicted octanol–water partition coefficient (Wildman–Crippen LogP) is 3.74. The molecule has 1 saturated carbocycles. The molecule has 3 unspecified atom stereocenters. The molecule has 186 valence electrons. The normalized spacial score (nSPS) is 22.2. The molecule has 3 N–H and O–H groups in total. The maximum absolute atomic E-state index is 12.8. The Morgan fingerprint density at radius 3 is 2.77 bits per heavy atom. The Labute approximate surface area is 210 Å². The third kappa shape index (κ3) is 5.63. The van der Waals surface area contributed by atoms with Gasteiger partial charge in [0.05, 0.1) is 18.6 Å². The van der Waals surface area contributed by atoms with Crippen LogP contribution in [0.25, 0.3) is 11.4 Å². The minimum absolute atomic E-state index is 0.0352. The summed E-state index contributed by atoms with van der Waals surface area (Å²) >= 11 is 1.42. The van der Waals surface area contributed by atoms with Crippen LogP contribution in [-0.4, -0.2) is 45.1 Å². The second-order valence-electron chi connectivity index (χ2n) is 10.6. The first-order valence-electron chi connectivity index (χ1n) is 12.3. The minimum atomic E-state index is 0.0352. The topological polar surface area (TPSA) is 97.0 Å². The molecule has 2 fully saturated rings. The Morgan fingerprint density at radius 2 is 2.03 bits per heavy atom. The summed E-state index contributed by atoms with van der Waals surface area (Å²) in [6.45, 7) is 8.13. The van der Waals surface area contributed by atoms with Gasteiger partial charge in [-0.25, -0.2) is 0 Å². The number of hydrogen-bond acceptors (Lipinski definition) is 7. The van der Waals surface area contributed by atoms with Crippen molar-refractivity contribution in [2.45, 2.75) is 69.2 Å². The van der Waals surface area contributed by atoms with Crippen molar-refractivity contribution in [2.24, 2.45) is 5.92 Å². The number of carbonyl (C=O) groups excluding carboxylic acids is 1. The van der Waals surface area contributed by atoms with E-state index in [1.807, 2.05) is 16.7 Å². The van der Waals surface area contributed by atoms with Crippen molar-refractivity contribution in [3.05, 3.63) is 54.0 Å². The van der Waals surface area contributed by atoms with Gasteiger partial charge >= 0.3 is 0 Å². The number of hydrogen-bond donors (Lipinski definition) is 3. The van der Waals surface area contributed by atoms with E-state index in [9.17, 15) is 4.79 Å². The average Bonchev–Trinajstić information content (AvgIpc) is 3.59. The third-order valence-corrected chi connectivity index (χ3v) is 7.93. The van der Waals surface area contributed by atoms with Gasteiger partial charge in [-0.1, -0.05) is 56.8 Å². The number of carbonyl (C=O) groups is 1. The first-order valence-corrected chi connectivity index (χ1v) is 13.3. The number of rotatable bonds is 7. The Morgan fingerprint density at radius 1 is 1.20 bits per heavy atom. The fourth-order valence-corrected chi connectivity index (χ4v) is 5.68. The van der Waals surface area contributed by atoms with Crippen LogP contribution in [0.2, 0.25) is 0 Å². The lowest BCUT2D eigenvalue weighted by Crippen LogP contribution is -2.45. The number of fused-ring (bicyclic) bond motifs is 1. The molecule has 2 aliphatic rings. The van der Waals surface area contributed by atoms with Gasteiger partial charge in [0, 0.05) is 24.2 Å². The summed E-state index contributed by atoms with van der Waals surface area (Å²) < 4.78 is 7.63. The van der Waals surface area contributed by atoms with Crippen LogP contribution in [0.4, 0.5) is 0 Å². The van der Waals surface area contributed by atoms with Crippen molar-refractivity contribution >= 4 is 17.7 Å². The summed E-state index contributed by atoms with van der Waals surface area (Å²) in [4.78, 5) is 12.8. The Bertz CT molecular complexity index is 1140. The number of benzene rings is 1. The summed E-state index contributed by atoms with van der Waals surface area (Å²) in [7, 11) is 0. The van der Waals surface area contributed by atoms with Gasteiger partial charge in [-0.15, -0.1) is 10.2 Å². The molecule has 3 aromatic rings. The molecule has 0 spiro atoms. The number of nitrogens with one attached hydrogen (secondary N) is 3. The van der Waals surface area contributed by atoms with Gasteiger partial charge in [0.1, 0.15) is 5.76 Å². The number of furan rings is 1. The molecule has 2 aromatic heterocycles. The fourth-order valence-electron chi connectivity index (χ4n) is 4.94. The zero-order chi connectivity index (χ0) is 24.4. The summed E-state index contributed by atoms with van der Waals surface area (Å²) in [6, 6.07) is 13.0. The number of thioether (sulfide) groups is 1. The SMILES string of the molecule is CC(C)(C)c1ccc(-c2nnc(SCC(=O)NC3CCC4CNNC4C3)n2Cc2ccco2)cc1. The quantitative estimate of drug-likeness (QED) is 0.431. The van der Waals surface area contributed by atoms with E-state index in [-0.39, 0.29) is 17.4 Å². The highest BCUT2D eigenvalue weighted by Gasteiger charge is 2.34. The second-order valence-corrected chi connectivity index (χ2v) is 11.5. The lowest BCUT2D eigenvalue weighted by atomic mass is 9.83. The highest BCUT2D eigenvalue weighted by Crippen LogP contribution is 2.29. The molecule has 1 saturated heterocycles. The van der Waals surface area contributed by atoms with Crippen molar-refractivity contribution in [1.82, 2.24) is 30.9 Å². The van der Waals surface area contributed by atoms with E-state index in [4.69, 9.17) is 4.42 Å². The smallest absolute Gasteiger partial charge is 0.230 e. The van der Waals surface area contributed by atoms with E-state index in [1.54, 1.807) is 6.26 Å². The van der Waals surface area contributed by atoms with Crippen LogP contribution >= 0.6 is 11.8 Å². The summed E-state index contributed by atoms with van der Waals surface area (Å²) in [5.74, 6) is 2.60. The Hall–Kier alpha value is -2.62. The highest BCUT2D eigenvalue weighted by atomic mass is 32.2. The molecule has 5 rings (SSSR count). The minimum Gasteiger partial charge on any atom is -0.467 e. The van der Waals surface area contributed by atoms with Crippen LogP contribution in [0, 0.1) is 5.92 Å². The summed E-state index contributed by atoms with van der Waals surface area (Å²) in [5.41, 5.74) is 8.92. The Balaban J connectivity index is 1.28.